The number of nitrogens with two attached hydrogens (primary N) is 1. The first-order valence-corrected chi connectivity index (χ1v) is 5.10. The second-order valence-corrected chi connectivity index (χ2v) is 3.73. The van der Waals surface area contributed by atoms with Crippen molar-refractivity contribution in [2.45, 2.75) is 39.3 Å². The monoisotopic (exact) mass is 202 g/mol. The summed E-state index contributed by atoms with van der Waals surface area (Å²) in [6, 6.07) is 0.201. The van der Waals surface area contributed by atoms with Crippen LogP contribution in [0.5, 0.6) is 0 Å². The van der Waals surface area contributed by atoms with Gasteiger partial charge >= 0.3 is 0 Å². The van der Waals surface area contributed by atoms with E-state index in [2.05, 4.69) is 26.1 Å². The molecule has 14 heavy (non-hydrogen) atoms. The molecule has 0 saturated heterocycles. The van der Waals surface area contributed by atoms with Crippen molar-refractivity contribution in [3.63, 3.8) is 0 Å². The van der Waals surface area contributed by atoms with Crippen molar-refractivity contribution >= 4 is 5.91 Å². The van der Waals surface area contributed by atoms with E-state index in [0.717, 1.165) is 6.42 Å². The van der Waals surface area contributed by atoms with Crippen molar-refractivity contribution in [3.8, 4) is 0 Å². The summed E-state index contributed by atoms with van der Waals surface area (Å²) in [6.07, 6.45) is 0.396. The molecule has 0 spiro atoms. The molecule has 0 aromatic heterocycles. The molecule has 0 saturated carbocycles. The number of methoxy groups -OCH3 is 1. The molecule has 0 aliphatic rings. The predicted molar refractivity (Wildman–Crippen MR) is 56.9 cm³/mol. The summed E-state index contributed by atoms with van der Waals surface area (Å²) in [6.45, 7) is 6.43. The predicted octanol–water partition coefficient (Wildman–Crippen LogP) is 0.511. The quantitative estimate of drug-likeness (QED) is 0.659. The number of hydrogen-bond donors (Lipinski definition) is 2. The first-order valence-electron chi connectivity index (χ1n) is 5.10. The number of carbonyl (C=O) groups is 1. The highest BCUT2D eigenvalue weighted by atomic mass is 16.5. The number of rotatable bonds is 6. The Labute approximate surface area is 86.2 Å². The van der Waals surface area contributed by atoms with Crippen LogP contribution in [0, 0.1) is 5.92 Å². The summed E-state index contributed by atoms with van der Waals surface area (Å²) in [5, 5.41) is 2.92. The molecule has 3 N–H and O–H groups in total. The highest BCUT2D eigenvalue weighted by Crippen LogP contribution is 2.05. The van der Waals surface area contributed by atoms with E-state index in [1.54, 1.807) is 0 Å². The van der Waals surface area contributed by atoms with E-state index < -0.39 is 6.10 Å². The van der Waals surface area contributed by atoms with Gasteiger partial charge in [0, 0.05) is 19.7 Å². The minimum atomic E-state index is -0.525. The molecule has 4 nitrogen and oxygen atoms in total. The Kier molecular flexibility index (Phi) is 6.49. The van der Waals surface area contributed by atoms with E-state index in [1.807, 2.05) is 0 Å². The third-order valence-electron chi connectivity index (χ3n) is 2.36. The third-order valence-corrected chi connectivity index (χ3v) is 2.36. The summed E-state index contributed by atoms with van der Waals surface area (Å²) >= 11 is 0. The number of carbonyl (C=O) groups excluding carboxylic acids is 1. The van der Waals surface area contributed by atoms with Crippen LogP contribution in [0.4, 0.5) is 0 Å². The third kappa shape index (κ3) is 4.07. The van der Waals surface area contributed by atoms with Crippen molar-refractivity contribution in [1.29, 1.82) is 0 Å². The number of hydrogen-bond acceptors (Lipinski definition) is 3. The highest BCUT2D eigenvalue weighted by Gasteiger charge is 2.20. The summed E-state index contributed by atoms with van der Waals surface area (Å²) in [5.41, 5.74) is 5.39. The molecule has 0 radical (unpaired) electrons. The van der Waals surface area contributed by atoms with Crippen LogP contribution >= 0.6 is 0 Å². The Hall–Kier alpha value is -0.610. The van der Waals surface area contributed by atoms with Gasteiger partial charge in [0.05, 0.1) is 0 Å². The fraction of sp³-hybridized carbons (Fsp3) is 0.900. The normalized spacial score (nSPS) is 15.3. The van der Waals surface area contributed by atoms with Crippen molar-refractivity contribution in [2.24, 2.45) is 11.7 Å². The molecule has 0 rings (SSSR count). The average Bonchev–Trinajstić information content (AvgIpc) is 2.15. The fourth-order valence-electron chi connectivity index (χ4n) is 1.33. The largest absolute Gasteiger partial charge is 0.370 e. The van der Waals surface area contributed by atoms with E-state index in [-0.39, 0.29) is 18.5 Å². The molecule has 1 amide bonds. The molecule has 4 heteroatoms. The van der Waals surface area contributed by atoms with Crippen LogP contribution in [0.1, 0.15) is 27.2 Å². The maximum Gasteiger partial charge on any atom is 0.250 e. The van der Waals surface area contributed by atoms with Crippen LogP contribution in [0.3, 0.4) is 0 Å². The first-order chi connectivity index (χ1) is 6.56. The Balaban J connectivity index is 4.13. The lowest BCUT2D eigenvalue weighted by Gasteiger charge is -2.23. The van der Waals surface area contributed by atoms with Crippen molar-refractivity contribution in [1.82, 2.24) is 5.32 Å². The van der Waals surface area contributed by atoms with Crippen LogP contribution in [0.15, 0.2) is 0 Å². The van der Waals surface area contributed by atoms with Crippen molar-refractivity contribution in [2.75, 3.05) is 13.7 Å². The zero-order chi connectivity index (χ0) is 11.1. The number of nitrogens with one attached hydrogen (secondary N) is 1. The zero-order valence-corrected chi connectivity index (χ0v) is 9.54. The van der Waals surface area contributed by atoms with Gasteiger partial charge in [0.15, 0.2) is 0 Å². The summed E-state index contributed by atoms with van der Waals surface area (Å²) in [7, 11) is 1.49. The smallest absolute Gasteiger partial charge is 0.250 e. The molecular formula is C10H22N2O2. The van der Waals surface area contributed by atoms with Crippen LogP contribution in [-0.4, -0.2) is 31.7 Å². The summed E-state index contributed by atoms with van der Waals surface area (Å²) < 4.78 is 4.95. The fourth-order valence-corrected chi connectivity index (χ4v) is 1.33. The molecule has 0 aromatic carbocycles. The molecule has 0 aromatic rings. The topological polar surface area (TPSA) is 64.4 Å². The minimum Gasteiger partial charge on any atom is -0.370 e. The van der Waals surface area contributed by atoms with E-state index in [1.165, 1.54) is 7.11 Å². The molecular weight excluding hydrogens is 180 g/mol. The van der Waals surface area contributed by atoms with Crippen LogP contribution in [0.25, 0.3) is 0 Å². The van der Waals surface area contributed by atoms with Gasteiger partial charge < -0.3 is 15.8 Å². The Bertz CT molecular complexity index is 168. The lowest BCUT2D eigenvalue weighted by Crippen LogP contribution is -2.46. The van der Waals surface area contributed by atoms with Crippen LogP contribution < -0.4 is 11.1 Å². The SMILES string of the molecule is CCC(NC(=O)C(CN)OC)C(C)C. The molecule has 0 bridgehead atoms. The molecule has 0 heterocycles. The maximum absolute atomic E-state index is 11.6. The second kappa shape index (κ2) is 6.79. The lowest BCUT2D eigenvalue weighted by atomic mass is 10.0. The Morgan fingerprint density at radius 3 is 2.36 bits per heavy atom. The van der Waals surface area contributed by atoms with Gasteiger partial charge in [0.2, 0.25) is 0 Å². The zero-order valence-electron chi connectivity index (χ0n) is 9.54. The highest BCUT2D eigenvalue weighted by molar-refractivity contribution is 5.81. The second-order valence-electron chi connectivity index (χ2n) is 3.73. The summed E-state index contributed by atoms with van der Waals surface area (Å²) in [5.74, 6) is 0.315. The van der Waals surface area contributed by atoms with E-state index in [9.17, 15) is 4.79 Å². The number of amides is 1. The van der Waals surface area contributed by atoms with Gasteiger partial charge in [-0.2, -0.15) is 0 Å². The minimum absolute atomic E-state index is 0.115. The molecule has 0 aliphatic carbocycles. The molecule has 2 atom stereocenters. The standard InChI is InChI=1S/C10H22N2O2/c1-5-8(7(2)3)12-10(13)9(6-11)14-4/h7-9H,5-6,11H2,1-4H3,(H,12,13). The maximum atomic E-state index is 11.6. The molecule has 84 valence electrons. The van der Waals surface area contributed by atoms with Crippen LogP contribution in [-0.2, 0) is 9.53 Å². The Morgan fingerprint density at radius 2 is 2.07 bits per heavy atom. The van der Waals surface area contributed by atoms with Gasteiger partial charge in [-0.25, -0.2) is 0 Å². The first kappa shape index (κ1) is 13.4. The van der Waals surface area contributed by atoms with Gasteiger partial charge in [0.1, 0.15) is 6.10 Å². The van der Waals surface area contributed by atoms with Gasteiger partial charge in [-0.05, 0) is 12.3 Å². The van der Waals surface area contributed by atoms with Gasteiger partial charge in [-0.1, -0.05) is 20.8 Å². The number of ether oxygens (including phenoxy) is 1. The molecule has 0 fully saturated rings. The van der Waals surface area contributed by atoms with E-state index in [4.69, 9.17) is 10.5 Å². The van der Waals surface area contributed by atoms with E-state index >= 15 is 0 Å². The molecule has 2 unspecified atom stereocenters. The lowest BCUT2D eigenvalue weighted by molar-refractivity contribution is -0.131. The Morgan fingerprint density at radius 1 is 1.50 bits per heavy atom. The van der Waals surface area contributed by atoms with Crippen LogP contribution in [0.2, 0.25) is 0 Å². The van der Waals surface area contributed by atoms with Crippen molar-refractivity contribution in [3.05, 3.63) is 0 Å². The van der Waals surface area contributed by atoms with Crippen molar-refractivity contribution < 1.29 is 9.53 Å². The summed E-state index contributed by atoms with van der Waals surface area (Å²) in [4.78, 5) is 11.6. The van der Waals surface area contributed by atoms with Gasteiger partial charge in [-0.3, -0.25) is 4.79 Å². The van der Waals surface area contributed by atoms with Gasteiger partial charge in [-0.15, -0.1) is 0 Å². The van der Waals surface area contributed by atoms with Gasteiger partial charge in [0.25, 0.3) is 5.91 Å². The molecule has 0 aliphatic heterocycles. The van der Waals surface area contributed by atoms with E-state index in [0.29, 0.717) is 5.92 Å². The average molecular weight is 202 g/mol.